The molecule has 0 bridgehead atoms. The summed E-state index contributed by atoms with van der Waals surface area (Å²) in [4.78, 5) is 12.7. The van der Waals surface area contributed by atoms with Crippen LogP contribution in [0.15, 0.2) is 24.3 Å². The van der Waals surface area contributed by atoms with E-state index in [2.05, 4.69) is 5.32 Å². The molecule has 0 radical (unpaired) electrons. The molecule has 1 amide bonds. The van der Waals surface area contributed by atoms with Gasteiger partial charge in [-0.15, -0.1) is 11.3 Å². The van der Waals surface area contributed by atoms with Gasteiger partial charge in [0.25, 0.3) is 5.91 Å². The molecule has 1 unspecified atom stereocenters. The van der Waals surface area contributed by atoms with Gasteiger partial charge < -0.3 is 10.4 Å². The Kier molecular flexibility index (Phi) is 4.80. The highest BCUT2D eigenvalue weighted by Gasteiger charge is 2.17. The van der Waals surface area contributed by atoms with Crippen molar-refractivity contribution in [3.8, 4) is 0 Å². The van der Waals surface area contributed by atoms with E-state index >= 15 is 0 Å². The quantitative estimate of drug-likeness (QED) is 0.889. The van der Waals surface area contributed by atoms with Gasteiger partial charge in [-0.3, -0.25) is 4.79 Å². The molecule has 2 aromatic rings. The summed E-state index contributed by atoms with van der Waals surface area (Å²) in [5.41, 5.74) is 0. The topological polar surface area (TPSA) is 49.3 Å². The molecular formula is C14H16ClNO2S. The van der Waals surface area contributed by atoms with E-state index in [0.717, 1.165) is 10.1 Å². The molecule has 2 rings (SSSR count). The van der Waals surface area contributed by atoms with Crippen molar-refractivity contribution in [2.24, 2.45) is 5.92 Å². The molecule has 2 N–H and O–H groups in total. The van der Waals surface area contributed by atoms with Gasteiger partial charge in [-0.2, -0.15) is 0 Å². The summed E-state index contributed by atoms with van der Waals surface area (Å²) in [6.45, 7) is 2.67. The van der Waals surface area contributed by atoms with Crippen molar-refractivity contribution >= 4 is 38.9 Å². The zero-order valence-corrected chi connectivity index (χ0v) is 12.2. The molecule has 0 spiro atoms. The molecule has 0 aliphatic carbocycles. The largest absolute Gasteiger partial charge is 0.396 e. The van der Waals surface area contributed by atoms with Crippen molar-refractivity contribution < 1.29 is 9.90 Å². The number of amides is 1. The average molecular weight is 298 g/mol. The van der Waals surface area contributed by atoms with E-state index in [4.69, 9.17) is 16.7 Å². The molecule has 1 aromatic heterocycles. The minimum atomic E-state index is -0.143. The number of benzene rings is 1. The number of carbonyl (C=O) groups excluding carboxylic acids is 1. The minimum absolute atomic E-state index is 0.140. The second kappa shape index (κ2) is 6.37. The van der Waals surface area contributed by atoms with Gasteiger partial charge in [0.05, 0.1) is 5.02 Å². The third-order valence-electron chi connectivity index (χ3n) is 2.97. The first-order valence-corrected chi connectivity index (χ1v) is 7.39. The van der Waals surface area contributed by atoms with Gasteiger partial charge in [-0.25, -0.2) is 0 Å². The Bertz CT molecular complexity index is 582. The molecule has 19 heavy (non-hydrogen) atoms. The van der Waals surface area contributed by atoms with Crippen LogP contribution in [-0.4, -0.2) is 24.2 Å². The van der Waals surface area contributed by atoms with Crippen LogP contribution in [-0.2, 0) is 0 Å². The van der Waals surface area contributed by atoms with Crippen LogP contribution in [0.5, 0.6) is 0 Å². The fourth-order valence-corrected chi connectivity index (χ4v) is 3.26. The molecular weight excluding hydrogens is 282 g/mol. The third-order valence-corrected chi connectivity index (χ3v) is 4.65. The maximum atomic E-state index is 12.1. The second-order valence-corrected chi connectivity index (χ2v) is 6.00. The smallest absolute Gasteiger partial charge is 0.262 e. The number of hydrogen-bond donors (Lipinski definition) is 2. The Morgan fingerprint density at radius 1 is 1.47 bits per heavy atom. The van der Waals surface area contributed by atoms with Crippen LogP contribution < -0.4 is 5.32 Å². The Morgan fingerprint density at radius 3 is 2.89 bits per heavy atom. The van der Waals surface area contributed by atoms with Crippen molar-refractivity contribution in [1.29, 1.82) is 0 Å². The molecule has 102 valence electrons. The number of carbonyl (C=O) groups is 1. The summed E-state index contributed by atoms with van der Waals surface area (Å²) in [6, 6.07) is 7.71. The lowest BCUT2D eigenvalue weighted by atomic mass is 10.1. The number of fused-ring (bicyclic) bond motifs is 1. The lowest BCUT2D eigenvalue weighted by molar-refractivity contribution is 0.0949. The van der Waals surface area contributed by atoms with Crippen molar-refractivity contribution in [3.63, 3.8) is 0 Å². The van der Waals surface area contributed by atoms with Gasteiger partial charge in [-0.05, 0) is 18.4 Å². The van der Waals surface area contributed by atoms with Crippen LogP contribution in [0.2, 0.25) is 5.02 Å². The molecule has 1 aromatic carbocycles. The predicted molar refractivity (Wildman–Crippen MR) is 80.0 cm³/mol. The molecule has 1 atom stereocenters. The molecule has 1 heterocycles. The molecule has 0 aliphatic heterocycles. The van der Waals surface area contributed by atoms with E-state index in [1.165, 1.54) is 11.3 Å². The number of rotatable bonds is 5. The first-order chi connectivity index (χ1) is 9.13. The maximum absolute atomic E-state index is 12.1. The molecule has 0 fully saturated rings. The summed E-state index contributed by atoms with van der Waals surface area (Å²) in [6.07, 6.45) is 0.681. The van der Waals surface area contributed by atoms with E-state index in [9.17, 15) is 4.79 Å². The van der Waals surface area contributed by atoms with Crippen LogP contribution in [0, 0.1) is 5.92 Å². The monoisotopic (exact) mass is 297 g/mol. The van der Waals surface area contributed by atoms with Crippen LogP contribution in [0.4, 0.5) is 0 Å². The second-order valence-electron chi connectivity index (χ2n) is 4.57. The Labute approximate surface area is 121 Å². The van der Waals surface area contributed by atoms with Gasteiger partial charge >= 0.3 is 0 Å². The summed E-state index contributed by atoms with van der Waals surface area (Å²) >= 11 is 7.64. The molecule has 5 heteroatoms. The molecule has 3 nitrogen and oxygen atoms in total. The Morgan fingerprint density at radius 2 is 2.21 bits per heavy atom. The van der Waals surface area contributed by atoms with E-state index in [-0.39, 0.29) is 18.4 Å². The zero-order chi connectivity index (χ0) is 13.8. The van der Waals surface area contributed by atoms with Crippen LogP contribution in [0.3, 0.4) is 0 Å². The van der Waals surface area contributed by atoms with E-state index in [1.54, 1.807) is 0 Å². The number of aliphatic hydroxyl groups is 1. The fourth-order valence-electron chi connectivity index (χ4n) is 1.83. The highest BCUT2D eigenvalue weighted by molar-refractivity contribution is 7.21. The van der Waals surface area contributed by atoms with E-state index < -0.39 is 0 Å². The number of nitrogens with one attached hydrogen (secondary N) is 1. The molecule has 0 saturated heterocycles. The highest BCUT2D eigenvalue weighted by atomic mass is 35.5. The number of thiophene rings is 1. The molecule has 0 saturated carbocycles. The first-order valence-electron chi connectivity index (χ1n) is 6.19. The van der Waals surface area contributed by atoms with Gasteiger partial charge in [-0.1, -0.05) is 36.7 Å². The highest BCUT2D eigenvalue weighted by Crippen LogP contribution is 2.34. The third kappa shape index (κ3) is 3.26. The number of halogens is 1. The van der Waals surface area contributed by atoms with Crippen molar-refractivity contribution in [1.82, 2.24) is 5.32 Å². The SMILES string of the molecule is CC(CCO)CNC(=O)c1sc2ccccc2c1Cl. The van der Waals surface area contributed by atoms with E-state index in [0.29, 0.717) is 22.9 Å². The predicted octanol–water partition coefficient (Wildman–Crippen LogP) is 3.30. The van der Waals surface area contributed by atoms with Crippen molar-refractivity contribution in [2.45, 2.75) is 13.3 Å². The standard InChI is InChI=1S/C14H16ClNO2S/c1-9(6-7-17)8-16-14(18)13-12(15)10-4-2-3-5-11(10)19-13/h2-5,9,17H,6-8H2,1H3,(H,16,18). The van der Waals surface area contributed by atoms with Gasteiger partial charge in [0.1, 0.15) is 4.88 Å². The Balaban J connectivity index is 2.11. The van der Waals surface area contributed by atoms with E-state index in [1.807, 2.05) is 31.2 Å². The number of aliphatic hydroxyl groups excluding tert-OH is 1. The van der Waals surface area contributed by atoms with Gasteiger partial charge in [0, 0.05) is 23.2 Å². The summed E-state index contributed by atoms with van der Waals surface area (Å²) < 4.78 is 1.01. The minimum Gasteiger partial charge on any atom is -0.396 e. The van der Waals surface area contributed by atoms with Gasteiger partial charge in [0.2, 0.25) is 0 Å². The maximum Gasteiger partial charge on any atom is 0.262 e. The average Bonchev–Trinajstić information content (AvgIpc) is 2.74. The normalized spacial score (nSPS) is 12.6. The van der Waals surface area contributed by atoms with Gasteiger partial charge in [0.15, 0.2) is 0 Å². The lowest BCUT2D eigenvalue weighted by Gasteiger charge is -2.10. The summed E-state index contributed by atoms with van der Waals surface area (Å²) in [5.74, 6) is 0.109. The lowest BCUT2D eigenvalue weighted by Crippen LogP contribution is -2.28. The Hall–Kier alpha value is -1.10. The van der Waals surface area contributed by atoms with Crippen molar-refractivity contribution in [3.05, 3.63) is 34.2 Å². The summed E-state index contributed by atoms with van der Waals surface area (Å²) in [7, 11) is 0. The molecule has 0 aliphatic rings. The van der Waals surface area contributed by atoms with Crippen LogP contribution >= 0.6 is 22.9 Å². The van der Waals surface area contributed by atoms with Crippen LogP contribution in [0.1, 0.15) is 23.0 Å². The van der Waals surface area contributed by atoms with Crippen LogP contribution in [0.25, 0.3) is 10.1 Å². The fraction of sp³-hybridized carbons (Fsp3) is 0.357. The van der Waals surface area contributed by atoms with Crippen molar-refractivity contribution in [2.75, 3.05) is 13.2 Å². The summed E-state index contributed by atoms with van der Waals surface area (Å²) in [5, 5.41) is 13.1. The zero-order valence-electron chi connectivity index (χ0n) is 10.6. The number of hydrogen-bond acceptors (Lipinski definition) is 3. The first kappa shape index (κ1) is 14.3.